The van der Waals surface area contributed by atoms with Crippen molar-refractivity contribution >= 4 is 22.9 Å². The fraction of sp³-hybridized carbons (Fsp3) is 0.364. The molecule has 0 aliphatic carbocycles. The van der Waals surface area contributed by atoms with E-state index in [0.717, 1.165) is 54.4 Å². The van der Waals surface area contributed by atoms with Crippen molar-refractivity contribution in [3.63, 3.8) is 0 Å². The molecular formula is C22H24N6O2S. The number of hydrogen-bond donors (Lipinski definition) is 0. The molecule has 31 heavy (non-hydrogen) atoms. The summed E-state index contributed by atoms with van der Waals surface area (Å²) in [5, 5.41) is 7.70. The summed E-state index contributed by atoms with van der Waals surface area (Å²) in [4.78, 5) is 16.1. The minimum atomic E-state index is 0.455. The minimum Gasteiger partial charge on any atom is -0.496 e. The smallest absolute Gasteiger partial charge is 0.254 e. The van der Waals surface area contributed by atoms with Crippen molar-refractivity contribution in [3.05, 3.63) is 52.7 Å². The second-order valence-electron chi connectivity index (χ2n) is 7.54. The Morgan fingerprint density at radius 3 is 2.77 bits per heavy atom. The maximum Gasteiger partial charge on any atom is 0.254 e. The van der Waals surface area contributed by atoms with E-state index in [4.69, 9.17) is 14.5 Å². The molecule has 1 fully saturated rings. The van der Waals surface area contributed by atoms with Gasteiger partial charge in [-0.25, -0.2) is 9.97 Å². The molecule has 0 saturated carbocycles. The number of hydrogen-bond acceptors (Lipinski definition) is 8. The lowest BCUT2D eigenvalue weighted by molar-refractivity contribution is 0.181. The van der Waals surface area contributed by atoms with Crippen molar-refractivity contribution in [1.82, 2.24) is 24.6 Å². The molecule has 0 atom stereocenters. The van der Waals surface area contributed by atoms with Crippen LogP contribution in [0, 0.1) is 0 Å². The zero-order chi connectivity index (χ0) is 21.2. The molecule has 8 nitrogen and oxygen atoms in total. The zero-order valence-electron chi connectivity index (χ0n) is 17.6. The third kappa shape index (κ3) is 3.86. The summed E-state index contributed by atoms with van der Waals surface area (Å²) >= 11 is 1.74. The van der Waals surface area contributed by atoms with Crippen LogP contribution in [-0.2, 0) is 11.3 Å². The van der Waals surface area contributed by atoms with Gasteiger partial charge in [0.05, 0.1) is 30.1 Å². The molecule has 4 heterocycles. The predicted molar refractivity (Wildman–Crippen MR) is 120 cm³/mol. The van der Waals surface area contributed by atoms with E-state index < -0.39 is 0 Å². The number of aromatic nitrogens is 5. The molecule has 0 amide bonds. The van der Waals surface area contributed by atoms with Crippen molar-refractivity contribution < 1.29 is 9.47 Å². The Morgan fingerprint density at radius 2 is 1.97 bits per heavy atom. The molecule has 5 rings (SSSR count). The van der Waals surface area contributed by atoms with E-state index in [1.54, 1.807) is 31.9 Å². The Morgan fingerprint density at radius 1 is 1.13 bits per heavy atom. The molecule has 0 N–H and O–H groups in total. The van der Waals surface area contributed by atoms with Gasteiger partial charge in [0.25, 0.3) is 5.78 Å². The van der Waals surface area contributed by atoms with Crippen LogP contribution < -0.4 is 9.64 Å². The summed E-state index contributed by atoms with van der Waals surface area (Å²) in [6.45, 7) is 2.32. The second-order valence-corrected chi connectivity index (χ2v) is 8.43. The SMILES string of the molecule is COCc1cc(N2CCC(c3nc(-c4ccccc4OC)cs3)CC2)n2ncnc2n1. The highest BCUT2D eigenvalue weighted by molar-refractivity contribution is 7.10. The molecule has 1 aliphatic rings. The van der Waals surface area contributed by atoms with E-state index in [9.17, 15) is 0 Å². The minimum absolute atomic E-state index is 0.455. The molecule has 0 unspecified atom stereocenters. The van der Waals surface area contributed by atoms with Crippen LogP contribution in [0.1, 0.15) is 29.5 Å². The van der Waals surface area contributed by atoms with Gasteiger partial charge in [0, 0.05) is 43.1 Å². The lowest BCUT2D eigenvalue weighted by Crippen LogP contribution is -2.34. The standard InChI is InChI=1S/C22H24N6O2S/c1-29-12-16-11-20(28-22(25-16)23-14-24-28)27-9-7-15(8-10-27)21-26-18(13-31-21)17-5-3-4-6-19(17)30-2/h3-6,11,13-15H,7-10,12H2,1-2H3. The van der Waals surface area contributed by atoms with Crippen LogP contribution in [0.4, 0.5) is 5.82 Å². The van der Waals surface area contributed by atoms with Crippen LogP contribution >= 0.6 is 11.3 Å². The number of fused-ring (bicyclic) bond motifs is 1. The molecule has 0 bridgehead atoms. The summed E-state index contributed by atoms with van der Waals surface area (Å²) in [7, 11) is 3.37. The van der Waals surface area contributed by atoms with Gasteiger partial charge in [-0.1, -0.05) is 12.1 Å². The first-order valence-corrected chi connectivity index (χ1v) is 11.2. The number of anilines is 1. The molecule has 3 aromatic heterocycles. The number of methoxy groups -OCH3 is 2. The van der Waals surface area contributed by atoms with Gasteiger partial charge in [0.15, 0.2) is 0 Å². The third-order valence-electron chi connectivity index (χ3n) is 5.65. The van der Waals surface area contributed by atoms with Crippen molar-refractivity contribution in [1.29, 1.82) is 0 Å². The summed E-state index contributed by atoms with van der Waals surface area (Å²) in [6.07, 6.45) is 3.62. The van der Waals surface area contributed by atoms with E-state index in [1.165, 1.54) is 5.01 Å². The molecule has 1 aromatic carbocycles. The van der Waals surface area contributed by atoms with Gasteiger partial charge in [0.1, 0.15) is 17.9 Å². The van der Waals surface area contributed by atoms with Crippen molar-refractivity contribution in [2.24, 2.45) is 0 Å². The molecule has 160 valence electrons. The van der Waals surface area contributed by atoms with E-state index in [1.807, 2.05) is 22.7 Å². The Labute approximate surface area is 184 Å². The molecule has 0 spiro atoms. The Hall–Kier alpha value is -3.04. The number of piperidine rings is 1. The maximum atomic E-state index is 5.50. The van der Waals surface area contributed by atoms with E-state index in [2.05, 4.69) is 37.5 Å². The first kappa shape index (κ1) is 19.9. The number of rotatable bonds is 6. The highest BCUT2D eigenvalue weighted by atomic mass is 32.1. The van der Waals surface area contributed by atoms with E-state index in [-0.39, 0.29) is 0 Å². The molecule has 9 heteroatoms. The summed E-state index contributed by atoms with van der Waals surface area (Å²) in [6, 6.07) is 10.1. The van der Waals surface area contributed by atoms with Crippen molar-refractivity contribution in [2.75, 3.05) is 32.2 Å². The molecule has 1 saturated heterocycles. The van der Waals surface area contributed by atoms with Crippen LogP contribution in [0.15, 0.2) is 42.0 Å². The lowest BCUT2D eigenvalue weighted by Gasteiger charge is -2.32. The molecular weight excluding hydrogens is 412 g/mol. The van der Waals surface area contributed by atoms with Gasteiger partial charge >= 0.3 is 0 Å². The molecule has 4 aromatic rings. The normalized spacial score (nSPS) is 15.0. The predicted octanol–water partition coefficient (Wildman–Crippen LogP) is 3.79. The van der Waals surface area contributed by atoms with Gasteiger partial charge in [-0.15, -0.1) is 11.3 Å². The van der Waals surface area contributed by atoms with Crippen LogP contribution in [-0.4, -0.2) is 51.9 Å². The van der Waals surface area contributed by atoms with Crippen LogP contribution in [0.2, 0.25) is 0 Å². The van der Waals surface area contributed by atoms with Gasteiger partial charge in [0.2, 0.25) is 0 Å². The van der Waals surface area contributed by atoms with Crippen LogP contribution in [0.5, 0.6) is 5.75 Å². The summed E-state index contributed by atoms with van der Waals surface area (Å²) in [5.41, 5.74) is 2.89. The lowest BCUT2D eigenvalue weighted by atomic mass is 9.97. The van der Waals surface area contributed by atoms with Crippen molar-refractivity contribution in [3.8, 4) is 17.0 Å². The zero-order valence-corrected chi connectivity index (χ0v) is 18.4. The second kappa shape index (κ2) is 8.60. The first-order valence-electron chi connectivity index (χ1n) is 10.3. The van der Waals surface area contributed by atoms with Gasteiger partial charge < -0.3 is 14.4 Å². The number of benzene rings is 1. The van der Waals surface area contributed by atoms with Gasteiger partial charge in [-0.3, -0.25) is 0 Å². The van der Waals surface area contributed by atoms with Gasteiger partial charge in [-0.05, 0) is 25.0 Å². The molecule has 0 radical (unpaired) electrons. The first-order chi connectivity index (χ1) is 15.3. The Balaban J connectivity index is 1.33. The quantitative estimate of drug-likeness (QED) is 0.455. The summed E-state index contributed by atoms with van der Waals surface area (Å²) in [5.74, 6) is 2.93. The fourth-order valence-electron chi connectivity index (χ4n) is 4.10. The maximum absolute atomic E-state index is 5.50. The summed E-state index contributed by atoms with van der Waals surface area (Å²) < 4.78 is 12.6. The van der Waals surface area contributed by atoms with E-state index in [0.29, 0.717) is 18.3 Å². The van der Waals surface area contributed by atoms with Crippen molar-refractivity contribution in [2.45, 2.75) is 25.4 Å². The van der Waals surface area contributed by atoms with Gasteiger partial charge in [-0.2, -0.15) is 14.6 Å². The Bertz CT molecular complexity index is 1180. The van der Waals surface area contributed by atoms with Crippen LogP contribution in [0.3, 0.4) is 0 Å². The number of para-hydroxylation sites is 1. The monoisotopic (exact) mass is 436 g/mol. The van der Waals surface area contributed by atoms with E-state index >= 15 is 0 Å². The molecule has 1 aliphatic heterocycles. The van der Waals surface area contributed by atoms with Crippen LogP contribution in [0.25, 0.3) is 17.0 Å². The topological polar surface area (TPSA) is 77.7 Å². The number of ether oxygens (including phenoxy) is 2. The Kier molecular flexibility index (Phi) is 5.52. The average Bonchev–Trinajstić information content (AvgIpc) is 3.49. The largest absolute Gasteiger partial charge is 0.496 e. The average molecular weight is 437 g/mol. The highest BCUT2D eigenvalue weighted by Gasteiger charge is 2.25. The number of nitrogens with zero attached hydrogens (tertiary/aromatic N) is 6. The highest BCUT2D eigenvalue weighted by Crippen LogP contribution is 2.36. The fourth-order valence-corrected chi connectivity index (χ4v) is 5.09. The third-order valence-corrected chi connectivity index (χ3v) is 6.66. The number of thiazole rings is 1.